The molecule has 1 atom stereocenters. The van der Waals surface area contributed by atoms with E-state index >= 15 is 0 Å². The molecule has 156 valence electrons. The number of thiophene rings is 1. The number of ether oxygens (including phenoxy) is 1. The predicted molar refractivity (Wildman–Crippen MR) is 123 cm³/mol. The van der Waals surface area contributed by atoms with Crippen LogP contribution in [0.2, 0.25) is 0 Å². The van der Waals surface area contributed by atoms with E-state index in [4.69, 9.17) is 4.74 Å². The molecule has 1 aliphatic rings. The Bertz CT molecular complexity index is 1120. The van der Waals surface area contributed by atoms with Gasteiger partial charge in [-0.1, -0.05) is 51.1 Å². The van der Waals surface area contributed by atoms with Crippen molar-refractivity contribution in [3.05, 3.63) is 64.0 Å². The number of esters is 1. The van der Waals surface area contributed by atoms with Crippen LogP contribution in [0.25, 0.3) is 10.8 Å². The van der Waals surface area contributed by atoms with Crippen LogP contribution in [0, 0.1) is 11.3 Å². The van der Waals surface area contributed by atoms with Crippen LogP contribution in [0.15, 0.2) is 42.5 Å². The molecule has 1 heterocycles. The van der Waals surface area contributed by atoms with E-state index in [0.29, 0.717) is 22.0 Å². The fraction of sp³-hybridized carbons (Fsp3) is 0.360. The van der Waals surface area contributed by atoms with Crippen molar-refractivity contribution in [3.8, 4) is 0 Å². The minimum absolute atomic E-state index is 0.210. The zero-order valence-corrected chi connectivity index (χ0v) is 18.7. The molecule has 4 nitrogen and oxygen atoms in total. The Morgan fingerprint density at radius 1 is 1.10 bits per heavy atom. The molecular weight excluding hydrogens is 394 g/mol. The monoisotopic (exact) mass is 421 g/mol. The number of hydrogen-bond acceptors (Lipinski definition) is 4. The Hall–Kier alpha value is -2.66. The first-order valence-electron chi connectivity index (χ1n) is 10.3. The van der Waals surface area contributed by atoms with E-state index in [9.17, 15) is 9.59 Å². The van der Waals surface area contributed by atoms with Crippen molar-refractivity contribution in [1.29, 1.82) is 0 Å². The van der Waals surface area contributed by atoms with Crippen LogP contribution in [0.1, 0.15) is 58.3 Å². The van der Waals surface area contributed by atoms with E-state index in [1.54, 1.807) is 0 Å². The van der Waals surface area contributed by atoms with Gasteiger partial charge < -0.3 is 10.1 Å². The highest BCUT2D eigenvalue weighted by atomic mass is 32.1. The van der Waals surface area contributed by atoms with Crippen molar-refractivity contribution in [2.45, 2.75) is 40.0 Å². The first-order valence-corrected chi connectivity index (χ1v) is 11.1. The number of anilines is 1. The lowest BCUT2D eigenvalue weighted by Crippen LogP contribution is -2.26. The molecule has 0 unspecified atom stereocenters. The Labute approximate surface area is 181 Å². The molecular formula is C25H27NO3S. The topological polar surface area (TPSA) is 55.4 Å². The maximum atomic E-state index is 13.0. The molecule has 1 aromatic heterocycles. The van der Waals surface area contributed by atoms with E-state index in [1.807, 2.05) is 42.5 Å². The van der Waals surface area contributed by atoms with Gasteiger partial charge in [0.15, 0.2) is 0 Å². The van der Waals surface area contributed by atoms with Crippen LogP contribution in [0.4, 0.5) is 5.00 Å². The highest BCUT2D eigenvalue weighted by molar-refractivity contribution is 7.17. The first-order chi connectivity index (χ1) is 14.3. The summed E-state index contributed by atoms with van der Waals surface area (Å²) in [6, 6.07) is 13.6. The van der Waals surface area contributed by atoms with E-state index in [1.165, 1.54) is 23.3 Å². The normalized spacial score (nSPS) is 16.2. The summed E-state index contributed by atoms with van der Waals surface area (Å²) in [5.41, 5.74) is 2.35. The molecule has 30 heavy (non-hydrogen) atoms. The lowest BCUT2D eigenvalue weighted by molar-refractivity contribution is 0.0600. The molecule has 3 aromatic rings. The number of hydrogen-bond donors (Lipinski definition) is 1. The summed E-state index contributed by atoms with van der Waals surface area (Å²) in [4.78, 5) is 26.8. The molecule has 0 saturated carbocycles. The minimum atomic E-state index is -0.379. The second kappa shape index (κ2) is 7.88. The average Bonchev–Trinajstić information content (AvgIpc) is 3.09. The van der Waals surface area contributed by atoms with Crippen molar-refractivity contribution in [3.63, 3.8) is 0 Å². The summed E-state index contributed by atoms with van der Waals surface area (Å²) in [6.45, 7) is 6.79. The number of rotatable bonds is 3. The number of methoxy groups -OCH3 is 1. The van der Waals surface area contributed by atoms with Gasteiger partial charge in [-0.2, -0.15) is 0 Å². The average molecular weight is 422 g/mol. The van der Waals surface area contributed by atoms with Gasteiger partial charge in [-0.25, -0.2) is 4.79 Å². The fourth-order valence-corrected chi connectivity index (χ4v) is 5.55. The zero-order valence-electron chi connectivity index (χ0n) is 17.9. The molecule has 0 aliphatic heterocycles. The SMILES string of the molecule is COC(=O)c1c(NC(=O)c2ccc3ccccc3c2)sc2c1CC[C@H](C(C)(C)C)C2. The van der Waals surface area contributed by atoms with Gasteiger partial charge in [0.05, 0.1) is 12.7 Å². The van der Waals surface area contributed by atoms with Gasteiger partial charge in [0, 0.05) is 10.4 Å². The van der Waals surface area contributed by atoms with Crippen molar-refractivity contribution >= 4 is 39.0 Å². The van der Waals surface area contributed by atoms with Crippen molar-refractivity contribution < 1.29 is 14.3 Å². The summed E-state index contributed by atoms with van der Waals surface area (Å²) in [5.74, 6) is -0.0365. The molecule has 0 radical (unpaired) electrons. The van der Waals surface area contributed by atoms with Crippen LogP contribution >= 0.6 is 11.3 Å². The molecule has 4 rings (SSSR count). The van der Waals surface area contributed by atoms with E-state index < -0.39 is 0 Å². The third kappa shape index (κ3) is 3.86. The van der Waals surface area contributed by atoms with E-state index in [-0.39, 0.29) is 17.3 Å². The molecule has 2 aromatic carbocycles. The molecule has 0 bridgehead atoms. The van der Waals surface area contributed by atoms with Gasteiger partial charge >= 0.3 is 5.97 Å². The number of amides is 1. The first kappa shape index (κ1) is 20.6. The van der Waals surface area contributed by atoms with Crippen molar-refractivity contribution in [1.82, 2.24) is 0 Å². The van der Waals surface area contributed by atoms with Gasteiger partial charge in [-0.3, -0.25) is 4.79 Å². The number of fused-ring (bicyclic) bond motifs is 2. The molecule has 0 spiro atoms. The fourth-order valence-electron chi connectivity index (χ4n) is 4.24. The third-order valence-electron chi connectivity index (χ3n) is 6.12. The maximum absolute atomic E-state index is 13.0. The second-order valence-corrected chi connectivity index (χ2v) is 10.1. The standard InChI is InChI=1S/C25H27NO3S/c1-25(2,3)18-11-12-19-20(14-18)30-23(21(19)24(28)29-4)26-22(27)17-10-9-15-7-5-6-8-16(15)13-17/h5-10,13,18H,11-12,14H2,1-4H3,(H,26,27)/t18-/m0/s1. The third-order valence-corrected chi connectivity index (χ3v) is 7.29. The summed E-state index contributed by atoms with van der Waals surface area (Å²) in [6.07, 6.45) is 2.80. The van der Waals surface area contributed by atoms with E-state index in [2.05, 4.69) is 26.1 Å². The lowest BCUT2D eigenvalue weighted by Gasteiger charge is -2.33. The van der Waals surface area contributed by atoms with Gasteiger partial charge in [0.25, 0.3) is 5.91 Å². The number of carbonyl (C=O) groups is 2. The highest BCUT2D eigenvalue weighted by Gasteiger charge is 2.34. The van der Waals surface area contributed by atoms with Gasteiger partial charge in [-0.05, 0) is 59.1 Å². The summed E-state index contributed by atoms with van der Waals surface area (Å²) in [7, 11) is 1.39. The molecule has 5 heteroatoms. The Morgan fingerprint density at radius 2 is 1.83 bits per heavy atom. The number of carbonyl (C=O) groups excluding carboxylic acids is 2. The highest BCUT2D eigenvalue weighted by Crippen LogP contribution is 2.44. The van der Waals surface area contributed by atoms with Crippen molar-refractivity contribution in [2.24, 2.45) is 11.3 Å². The van der Waals surface area contributed by atoms with Gasteiger partial charge in [0.2, 0.25) is 0 Å². The Balaban J connectivity index is 1.67. The van der Waals surface area contributed by atoms with Crippen LogP contribution in [-0.4, -0.2) is 19.0 Å². The number of benzene rings is 2. The summed E-state index contributed by atoms with van der Waals surface area (Å²) >= 11 is 1.52. The van der Waals surface area contributed by atoms with Crippen LogP contribution in [-0.2, 0) is 17.6 Å². The van der Waals surface area contributed by atoms with Gasteiger partial charge in [0.1, 0.15) is 5.00 Å². The van der Waals surface area contributed by atoms with Crippen LogP contribution < -0.4 is 5.32 Å². The molecule has 1 aliphatic carbocycles. The number of nitrogens with one attached hydrogen (secondary N) is 1. The van der Waals surface area contributed by atoms with Crippen LogP contribution in [0.3, 0.4) is 0 Å². The van der Waals surface area contributed by atoms with E-state index in [0.717, 1.165) is 35.6 Å². The zero-order chi connectivity index (χ0) is 21.5. The smallest absolute Gasteiger partial charge is 0.341 e. The minimum Gasteiger partial charge on any atom is -0.465 e. The quantitative estimate of drug-likeness (QED) is 0.521. The summed E-state index contributed by atoms with van der Waals surface area (Å²) < 4.78 is 5.06. The van der Waals surface area contributed by atoms with Gasteiger partial charge in [-0.15, -0.1) is 11.3 Å². The molecule has 0 fully saturated rings. The summed E-state index contributed by atoms with van der Waals surface area (Å²) in [5, 5.41) is 5.69. The Kier molecular flexibility index (Phi) is 5.41. The predicted octanol–water partition coefficient (Wildman–Crippen LogP) is 6.09. The second-order valence-electron chi connectivity index (χ2n) is 9.02. The van der Waals surface area contributed by atoms with Crippen LogP contribution in [0.5, 0.6) is 0 Å². The largest absolute Gasteiger partial charge is 0.465 e. The molecule has 1 amide bonds. The lowest BCUT2D eigenvalue weighted by atomic mass is 9.72. The maximum Gasteiger partial charge on any atom is 0.341 e. The molecule has 0 saturated heterocycles. The Morgan fingerprint density at radius 3 is 2.53 bits per heavy atom. The van der Waals surface area contributed by atoms with Crippen molar-refractivity contribution in [2.75, 3.05) is 12.4 Å². The molecule has 1 N–H and O–H groups in total.